The summed E-state index contributed by atoms with van der Waals surface area (Å²) in [6, 6.07) is 5.88. The molecule has 1 aromatic carbocycles. The van der Waals surface area contributed by atoms with Crippen molar-refractivity contribution in [2.24, 2.45) is 0 Å². The summed E-state index contributed by atoms with van der Waals surface area (Å²) in [4.78, 5) is 36.8. The molecule has 2 aliphatic heterocycles. The average Bonchev–Trinajstić information content (AvgIpc) is 2.71. The molecule has 0 radical (unpaired) electrons. The molecular weight excluding hydrogens is 363 g/mol. The first kappa shape index (κ1) is 18.5. The van der Waals surface area contributed by atoms with Gasteiger partial charge in [0.15, 0.2) is 0 Å². The molecule has 146 valence electrons. The van der Waals surface area contributed by atoms with Gasteiger partial charge in [0.25, 0.3) is 11.8 Å². The number of carbonyl (C=O) groups excluding carboxylic acids is 2. The van der Waals surface area contributed by atoms with Gasteiger partial charge in [-0.1, -0.05) is 0 Å². The molecule has 0 atom stereocenters. The number of ether oxygens (including phenoxy) is 1. The van der Waals surface area contributed by atoms with Gasteiger partial charge in [-0.25, -0.2) is 9.37 Å². The lowest BCUT2D eigenvalue weighted by molar-refractivity contribution is -0.143. The molecule has 0 saturated carbocycles. The zero-order valence-corrected chi connectivity index (χ0v) is 15.6. The third-order valence-corrected chi connectivity index (χ3v) is 5.43. The van der Waals surface area contributed by atoms with Crippen molar-refractivity contribution in [3.05, 3.63) is 53.9 Å². The monoisotopic (exact) mass is 384 g/mol. The number of hydrogen-bond donors (Lipinski definition) is 0. The van der Waals surface area contributed by atoms with Crippen LogP contribution in [-0.2, 0) is 9.53 Å². The van der Waals surface area contributed by atoms with E-state index in [1.807, 2.05) is 0 Å². The van der Waals surface area contributed by atoms with Crippen molar-refractivity contribution >= 4 is 17.5 Å². The van der Waals surface area contributed by atoms with Crippen LogP contribution in [0.3, 0.4) is 0 Å². The number of amides is 2. The van der Waals surface area contributed by atoms with Crippen molar-refractivity contribution in [1.29, 1.82) is 0 Å². The molecule has 2 fully saturated rings. The second-order valence-corrected chi connectivity index (χ2v) is 7.21. The summed E-state index contributed by atoms with van der Waals surface area (Å²) >= 11 is 0. The summed E-state index contributed by atoms with van der Waals surface area (Å²) in [5.74, 6) is -0.626. The van der Waals surface area contributed by atoms with Gasteiger partial charge < -0.3 is 14.5 Å². The largest absolute Gasteiger partial charge is 0.363 e. The molecule has 28 heavy (non-hydrogen) atoms. The quantitative estimate of drug-likeness (QED) is 0.791. The molecule has 2 amide bonds. The first-order chi connectivity index (χ1) is 13.5. The number of likely N-dealkylation sites (tertiary alicyclic amines) is 1. The molecule has 1 spiro atoms. The van der Waals surface area contributed by atoms with E-state index in [9.17, 15) is 14.0 Å². The summed E-state index contributed by atoms with van der Waals surface area (Å²) < 4.78 is 19.1. The number of rotatable bonds is 2. The highest BCUT2D eigenvalue weighted by molar-refractivity contribution is 5.95. The van der Waals surface area contributed by atoms with E-state index in [4.69, 9.17) is 4.74 Å². The van der Waals surface area contributed by atoms with E-state index < -0.39 is 5.60 Å². The Morgan fingerprint density at radius 3 is 2.50 bits per heavy atom. The first-order valence-corrected chi connectivity index (χ1v) is 9.24. The molecule has 7 nitrogen and oxygen atoms in total. The Hall–Kier alpha value is -2.87. The summed E-state index contributed by atoms with van der Waals surface area (Å²) in [5, 5.41) is 0. The lowest BCUT2D eigenvalue weighted by atomic mass is 9.88. The Balaban J connectivity index is 1.46. The highest BCUT2D eigenvalue weighted by atomic mass is 19.1. The van der Waals surface area contributed by atoms with Gasteiger partial charge in [-0.05, 0) is 44.0 Å². The van der Waals surface area contributed by atoms with E-state index >= 15 is 0 Å². The molecule has 3 heterocycles. The van der Waals surface area contributed by atoms with E-state index in [0.717, 1.165) is 0 Å². The van der Waals surface area contributed by atoms with Crippen molar-refractivity contribution in [3.63, 3.8) is 0 Å². The van der Waals surface area contributed by atoms with Gasteiger partial charge in [-0.3, -0.25) is 14.6 Å². The number of nitrogens with zero attached hydrogens (tertiary/aromatic N) is 4. The van der Waals surface area contributed by atoms with E-state index in [-0.39, 0.29) is 24.2 Å². The Labute approximate surface area is 162 Å². The number of aryl methyl sites for hydroxylation is 1. The summed E-state index contributed by atoms with van der Waals surface area (Å²) in [6.45, 7) is 3.17. The van der Waals surface area contributed by atoms with Crippen LogP contribution in [0, 0.1) is 12.7 Å². The van der Waals surface area contributed by atoms with E-state index in [1.54, 1.807) is 35.1 Å². The number of hydrogen-bond acceptors (Lipinski definition) is 5. The Kier molecular flexibility index (Phi) is 4.80. The predicted molar refractivity (Wildman–Crippen MR) is 99.3 cm³/mol. The fourth-order valence-corrected chi connectivity index (χ4v) is 3.76. The minimum Gasteiger partial charge on any atom is -0.363 e. The molecule has 0 N–H and O–H groups in total. The number of carbonyl (C=O) groups is 2. The number of piperidine rings is 1. The molecule has 2 aliphatic rings. The molecule has 0 aliphatic carbocycles. The van der Waals surface area contributed by atoms with Crippen molar-refractivity contribution in [3.8, 4) is 0 Å². The maximum absolute atomic E-state index is 13.2. The van der Waals surface area contributed by atoms with E-state index in [0.29, 0.717) is 49.6 Å². The Bertz CT molecular complexity index is 895. The maximum Gasteiger partial charge on any atom is 0.274 e. The van der Waals surface area contributed by atoms with Gasteiger partial charge in [-0.2, -0.15) is 0 Å². The average molecular weight is 384 g/mol. The third-order valence-electron chi connectivity index (χ3n) is 5.43. The van der Waals surface area contributed by atoms with Crippen LogP contribution in [0.5, 0.6) is 0 Å². The minimum absolute atomic E-state index is 0.0193. The van der Waals surface area contributed by atoms with Crippen LogP contribution >= 0.6 is 0 Å². The first-order valence-electron chi connectivity index (χ1n) is 9.24. The van der Waals surface area contributed by atoms with Crippen LogP contribution in [-0.4, -0.2) is 58.5 Å². The maximum atomic E-state index is 13.2. The summed E-state index contributed by atoms with van der Waals surface area (Å²) in [6.07, 6.45) is 4.31. The molecule has 0 unspecified atom stereocenters. The lowest BCUT2D eigenvalue weighted by Gasteiger charge is -2.46. The van der Waals surface area contributed by atoms with Crippen molar-refractivity contribution in [2.75, 3.05) is 31.1 Å². The zero-order valence-electron chi connectivity index (χ0n) is 15.6. The molecule has 2 saturated heterocycles. The number of anilines is 1. The second kappa shape index (κ2) is 7.27. The van der Waals surface area contributed by atoms with Crippen LogP contribution in [0.2, 0.25) is 0 Å². The van der Waals surface area contributed by atoms with Crippen LogP contribution in [0.25, 0.3) is 0 Å². The van der Waals surface area contributed by atoms with E-state index in [2.05, 4.69) is 9.97 Å². The van der Waals surface area contributed by atoms with Crippen LogP contribution in [0.4, 0.5) is 10.1 Å². The zero-order chi connectivity index (χ0) is 19.7. The highest BCUT2D eigenvalue weighted by Crippen LogP contribution is 2.33. The Morgan fingerprint density at radius 2 is 1.82 bits per heavy atom. The molecule has 4 rings (SSSR count). The lowest BCUT2D eigenvalue weighted by Crippen LogP contribution is -2.59. The second-order valence-electron chi connectivity index (χ2n) is 7.21. The van der Waals surface area contributed by atoms with Crippen LogP contribution in [0.1, 0.15) is 29.0 Å². The normalized spacial score (nSPS) is 19.1. The minimum atomic E-state index is -0.503. The van der Waals surface area contributed by atoms with Crippen molar-refractivity contribution in [2.45, 2.75) is 25.4 Å². The fraction of sp³-hybridized carbons (Fsp3) is 0.400. The smallest absolute Gasteiger partial charge is 0.274 e. The highest BCUT2D eigenvalue weighted by Gasteiger charge is 2.43. The summed E-state index contributed by atoms with van der Waals surface area (Å²) in [7, 11) is 0. The fourth-order valence-electron chi connectivity index (χ4n) is 3.76. The third kappa shape index (κ3) is 3.47. The molecule has 8 heteroatoms. The van der Waals surface area contributed by atoms with Gasteiger partial charge in [-0.15, -0.1) is 0 Å². The number of halogens is 1. The molecule has 0 bridgehead atoms. The predicted octanol–water partition coefficient (Wildman–Crippen LogP) is 1.96. The van der Waals surface area contributed by atoms with E-state index in [1.165, 1.54) is 18.3 Å². The standard InChI is InChI=1S/C20H21FN4O3/c1-14-18(23-9-8-22-14)19(27)24-10-6-20(7-11-24)13-25(17(26)12-28-20)16-4-2-15(21)3-5-16/h2-5,8-9H,6-7,10-13H2,1H3. The number of morpholine rings is 1. The van der Waals surface area contributed by atoms with Gasteiger partial charge >= 0.3 is 0 Å². The van der Waals surface area contributed by atoms with Gasteiger partial charge in [0, 0.05) is 31.2 Å². The van der Waals surface area contributed by atoms with Gasteiger partial charge in [0.1, 0.15) is 18.1 Å². The molecular formula is C20H21FN4O3. The van der Waals surface area contributed by atoms with Crippen molar-refractivity contribution in [1.82, 2.24) is 14.9 Å². The van der Waals surface area contributed by atoms with Crippen LogP contribution in [0.15, 0.2) is 36.7 Å². The van der Waals surface area contributed by atoms with Gasteiger partial charge in [0.2, 0.25) is 0 Å². The van der Waals surface area contributed by atoms with Crippen molar-refractivity contribution < 1.29 is 18.7 Å². The molecule has 1 aromatic heterocycles. The number of benzene rings is 1. The Morgan fingerprint density at radius 1 is 1.14 bits per heavy atom. The SMILES string of the molecule is Cc1nccnc1C(=O)N1CCC2(CC1)CN(c1ccc(F)cc1)C(=O)CO2. The number of aromatic nitrogens is 2. The summed E-state index contributed by atoms with van der Waals surface area (Å²) in [5.41, 5.74) is 1.12. The van der Waals surface area contributed by atoms with Crippen LogP contribution < -0.4 is 4.90 Å². The molecule has 2 aromatic rings. The topological polar surface area (TPSA) is 75.6 Å². The van der Waals surface area contributed by atoms with Gasteiger partial charge in [0.05, 0.1) is 17.8 Å².